The number of ether oxygens (including phenoxy) is 2. The number of esters is 1. The third-order valence-electron chi connectivity index (χ3n) is 4.79. The number of benzene rings is 1. The van der Waals surface area contributed by atoms with Crippen molar-refractivity contribution in [3.8, 4) is 0 Å². The molecule has 3 atom stereocenters. The van der Waals surface area contributed by atoms with Crippen LogP contribution in [0, 0.1) is 16.0 Å². The summed E-state index contributed by atoms with van der Waals surface area (Å²) < 4.78 is 11.2. The second-order valence-corrected chi connectivity index (χ2v) is 8.13. The molecular formula is C20H28N2O6. The standard InChI is InChI=1S/C20H28N2O6/c1-6-14-12-21(19(24)28-20(3,4)5)13(2)11-17(14)27-18(23)15-7-9-16(10-8-15)22(25)26/h7-10,13-14,17H,6,11-12H2,1-5H3/t13-,14+,17+/m1/s1. The fraction of sp³-hybridized carbons (Fsp3) is 0.600. The van der Waals surface area contributed by atoms with Crippen molar-refractivity contribution < 1.29 is 24.0 Å². The minimum absolute atomic E-state index is 0.00860. The monoisotopic (exact) mass is 392 g/mol. The van der Waals surface area contributed by atoms with Crippen molar-refractivity contribution in [1.82, 2.24) is 4.90 Å². The first-order valence-electron chi connectivity index (χ1n) is 9.47. The quantitative estimate of drug-likeness (QED) is 0.433. The van der Waals surface area contributed by atoms with Crippen LogP contribution in [0.3, 0.4) is 0 Å². The van der Waals surface area contributed by atoms with Crippen LogP contribution in [0.5, 0.6) is 0 Å². The summed E-state index contributed by atoms with van der Waals surface area (Å²) in [5.74, 6) is -0.526. The number of rotatable bonds is 4. The largest absolute Gasteiger partial charge is 0.458 e. The van der Waals surface area contributed by atoms with Gasteiger partial charge in [-0.1, -0.05) is 6.92 Å². The maximum absolute atomic E-state index is 12.5. The second kappa shape index (κ2) is 8.58. The first-order valence-corrected chi connectivity index (χ1v) is 9.47. The van der Waals surface area contributed by atoms with Crippen molar-refractivity contribution in [3.63, 3.8) is 0 Å². The minimum Gasteiger partial charge on any atom is -0.458 e. The predicted molar refractivity (Wildman–Crippen MR) is 103 cm³/mol. The lowest BCUT2D eigenvalue weighted by molar-refractivity contribution is -0.384. The molecule has 1 aliphatic rings. The van der Waals surface area contributed by atoms with E-state index in [9.17, 15) is 19.7 Å². The summed E-state index contributed by atoms with van der Waals surface area (Å²) in [5.41, 5.74) is -0.387. The van der Waals surface area contributed by atoms with Gasteiger partial charge in [-0.2, -0.15) is 0 Å². The van der Waals surface area contributed by atoms with Gasteiger partial charge in [0.25, 0.3) is 5.69 Å². The Bertz CT molecular complexity index is 725. The van der Waals surface area contributed by atoms with Crippen LogP contribution < -0.4 is 0 Å². The van der Waals surface area contributed by atoms with Gasteiger partial charge in [0.15, 0.2) is 0 Å². The summed E-state index contributed by atoms with van der Waals surface area (Å²) in [6, 6.07) is 5.21. The number of piperidine rings is 1. The summed E-state index contributed by atoms with van der Waals surface area (Å²) in [7, 11) is 0. The summed E-state index contributed by atoms with van der Waals surface area (Å²) in [5, 5.41) is 10.7. The zero-order valence-electron chi connectivity index (χ0n) is 17.0. The molecule has 0 unspecified atom stereocenters. The van der Waals surface area contributed by atoms with Crippen molar-refractivity contribution in [2.24, 2.45) is 5.92 Å². The molecule has 8 nitrogen and oxygen atoms in total. The molecule has 1 heterocycles. The van der Waals surface area contributed by atoms with Gasteiger partial charge in [0.2, 0.25) is 0 Å². The highest BCUT2D eigenvalue weighted by Crippen LogP contribution is 2.29. The zero-order valence-corrected chi connectivity index (χ0v) is 17.0. The molecule has 1 aromatic rings. The van der Waals surface area contributed by atoms with E-state index < -0.39 is 16.5 Å². The van der Waals surface area contributed by atoms with Crippen LogP contribution in [0.15, 0.2) is 24.3 Å². The molecule has 28 heavy (non-hydrogen) atoms. The Hall–Kier alpha value is -2.64. The third kappa shape index (κ3) is 5.43. The fourth-order valence-corrected chi connectivity index (χ4v) is 3.24. The molecule has 0 aliphatic carbocycles. The molecule has 8 heteroatoms. The zero-order chi connectivity index (χ0) is 21.1. The van der Waals surface area contributed by atoms with Crippen LogP contribution in [0.4, 0.5) is 10.5 Å². The highest BCUT2D eigenvalue weighted by Gasteiger charge is 2.38. The normalized spacial score (nSPS) is 22.5. The first-order chi connectivity index (χ1) is 13.0. The number of carbonyl (C=O) groups is 2. The van der Waals surface area contributed by atoms with E-state index in [0.29, 0.717) is 13.0 Å². The van der Waals surface area contributed by atoms with Gasteiger partial charge in [0.05, 0.1) is 10.5 Å². The Morgan fingerprint density at radius 3 is 2.36 bits per heavy atom. The van der Waals surface area contributed by atoms with Crippen molar-refractivity contribution in [2.45, 2.75) is 65.2 Å². The number of nitrogens with zero attached hydrogens (tertiary/aromatic N) is 2. The molecule has 1 fully saturated rings. The van der Waals surface area contributed by atoms with Gasteiger partial charge in [-0.15, -0.1) is 0 Å². The van der Waals surface area contributed by atoms with Crippen molar-refractivity contribution in [1.29, 1.82) is 0 Å². The van der Waals surface area contributed by atoms with Crippen LogP contribution >= 0.6 is 0 Å². The molecule has 0 saturated carbocycles. The third-order valence-corrected chi connectivity index (χ3v) is 4.79. The summed E-state index contributed by atoms with van der Waals surface area (Å²) in [4.78, 5) is 36.8. The lowest BCUT2D eigenvalue weighted by Gasteiger charge is -2.42. The molecule has 154 valence electrons. The Kier molecular flexibility index (Phi) is 6.64. The molecule has 0 spiro atoms. The van der Waals surface area contributed by atoms with Gasteiger partial charge < -0.3 is 14.4 Å². The van der Waals surface area contributed by atoms with Gasteiger partial charge >= 0.3 is 12.1 Å². The van der Waals surface area contributed by atoms with Gasteiger partial charge in [0.1, 0.15) is 11.7 Å². The van der Waals surface area contributed by atoms with E-state index in [1.807, 2.05) is 34.6 Å². The lowest BCUT2D eigenvalue weighted by atomic mass is 9.88. The molecule has 0 aromatic heterocycles. The molecular weight excluding hydrogens is 364 g/mol. The number of nitro benzene ring substituents is 1. The average molecular weight is 392 g/mol. The van der Waals surface area contributed by atoms with Crippen LogP contribution in [-0.4, -0.2) is 46.2 Å². The van der Waals surface area contributed by atoms with Crippen LogP contribution in [0.25, 0.3) is 0 Å². The molecule has 1 aromatic carbocycles. The summed E-state index contributed by atoms with van der Waals surface area (Å²) >= 11 is 0. The Balaban J connectivity index is 2.05. The molecule has 1 saturated heterocycles. The molecule has 1 amide bonds. The second-order valence-electron chi connectivity index (χ2n) is 8.13. The average Bonchev–Trinajstić information content (AvgIpc) is 2.60. The number of amides is 1. The summed E-state index contributed by atoms with van der Waals surface area (Å²) in [6.07, 6.45) is 0.556. The fourth-order valence-electron chi connectivity index (χ4n) is 3.24. The van der Waals surface area contributed by atoms with E-state index in [1.165, 1.54) is 24.3 Å². The van der Waals surface area contributed by atoms with Gasteiger partial charge in [-0.05, 0) is 46.2 Å². The Labute approximate surface area is 164 Å². The van der Waals surface area contributed by atoms with Crippen molar-refractivity contribution in [2.75, 3.05) is 6.54 Å². The SMILES string of the molecule is CC[C@H]1CN(C(=O)OC(C)(C)C)[C@H](C)C[C@@H]1OC(=O)c1ccc([N+](=O)[O-])cc1. The first kappa shape index (κ1) is 21.7. The lowest BCUT2D eigenvalue weighted by Crippen LogP contribution is -2.53. The maximum Gasteiger partial charge on any atom is 0.410 e. The molecule has 1 aliphatic heterocycles. The van der Waals surface area contributed by atoms with Crippen molar-refractivity contribution in [3.05, 3.63) is 39.9 Å². The number of hydrogen-bond donors (Lipinski definition) is 0. The van der Waals surface area contributed by atoms with E-state index in [4.69, 9.17) is 9.47 Å². The minimum atomic E-state index is -0.572. The predicted octanol–water partition coefficient (Wildman–Crippen LogP) is 4.18. The van der Waals surface area contributed by atoms with E-state index in [2.05, 4.69) is 0 Å². The number of nitro groups is 1. The van der Waals surface area contributed by atoms with E-state index >= 15 is 0 Å². The molecule has 0 bridgehead atoms. The Morgan fingerprint density at radius 2 is 1.86 bits per heavy atom. The van der Waals surface area contributed by atoms with Crippen molar-refractivity contribution >= 4 is 17.7 Å². The van der Waals surface area contributed by atoms with Crippen LogP contribution in [0.2, 0.25) is 0 Å². The smallest absolute Gasteiger partial charge is 0.410 e. The van der Waals surface area contributed by atoms with Crippen LogP contribution in [0.1, 0.15) is 57.8 Å². The van der Waals surface area contributed by atoms with E-state index in [-0.39, 0.29) is 35.4 Å². The molecule has 0 N–H and O–H groups in total. The van der Waals surface area contributed by atoms with Crippen LogP contribution in [-0.2, 0) is 9.47 Å². The number of hydrogen-bond acceptors (Lipinski definition) is 6. The summed E-state index contributed by atoms with van der Waals surface area (Å²) in [6.45, 7) is 9.82. The highest BCUT2D eigenvalue weighted by molar-refractivity contribution is 5.89. The van der Waals surface area contributed by atoms with Gasteiger partial charge in [0, 0.05) is 37.1 Å². The number of likely N-dealkylation sites (tertiary alicyclic amines) is 1. The maximum atomic E-state index is 12.5. The van der Waals surface area contributed by atoms with Gasteiger partial charge in [-0.3, -0.25) is 10.1 Å². The number of non-ortho nitro benzene ring substituents is 1. The molecule has 0 radical (unpaired) electrons. The Morgan fingerprint density at radius 1 is 1.25 bits per heavy atom. The van der Waals surface area contributed by atoms with E-state index in [1.54, 1.807) is 4.90 Å². The van der Waals surface area contributed by atoms with Gasteiger partial charge in [-0.25, -0.2) is 9.59 Å². The molecule has 2 rings (SSSR count). The highest BCUT2D eigenvalue weighted by atomic mass is 16.6. The number of carbonyl (C=O) groups excluding carboxylic acids is 2. The van der Waals surface area contributed by atoms with E-state index in [0.717, 1.165) is 6.42 Å². The topological polar surface area (TPSA) is 99.0 Å².